The van der Waals surface area contributed by atoms with E-state index in [0.29, 0.717) is 10.2 Å². The van der Waals surface area contributed by atoms with Crippen LogP contribution in [-0.2, 0) is 14.3 Å². The molecule has 0 spiro atoms. The van der Waals surface area contributed by atoms with Gasteiger partial charge in [-0.15, -0.1) is 11.3 Å². The molecule has 0 aliphatic carbocycles. The number of thiazole rings is 1. The molecule has 7 heteroatoms. The highest BCUT2D eigenvalue weighted by Crippen LogP contribution is 2.33. The van der Waals surface area contributed by atoms with Crippen molar-refractivity contribution in [2.75, 3.05) is 26.2 Å². The second-order valence-electron chi connectivity index (χ2n) is 4.70. The summed E-state index contributed by atoms with van der Waals surface area (Å²) in [5.41, 5.74) is 2.10. The molecule has 0 aliphatic heterocycles. The van der Waals surface area contributed by atoms with Crippen LogP contribution in [0.5, 0.6) is 0 Å². The molecule has 0 unspecified atom stereocenters. The molecule has 2 aromatic rings. The number of carbonyl (C=O) groups excluding carboxylic acids is 1. The minimum Gasteiger partial charge on any atom is -0.502 e. The van der Waals surface area contributed by atoms with Crippen molar-refractivity contribution in [2.45, 2.75) is 6.92 Å². The lowest BCUT2D eigenvalue weighted by atomic mass is 10.1. The highest BCUT2D eigenvalue weighted by atomic mass is 35.5. The van der Waals surface area contributed by atoms with Gasteiger partial charge in [0.2, 0.25) is 0 Å². The summed E-state index contributed by atoms with van der Waals surface area (Å²) in [6, 6.07) is 7.48. The third-order valence-electron chi connectivity index (χ3n) is 3.18. The fourth-order valence-electron chi connectivity index (χ4n) is 1.98. The van der Waals surface area contributed by atoms with E-state index >= 15 is 0 Å². The number of anilines is 1. The third-order valence-corrected chi connectivity index (χ3v) is 4.47. The maximum absolute atomic E-state index is 11.9. The Bertz CT molecular complexity index is 725. The van der Waals surface area contributed by atoms with E-state index in [-0.39, 0.29) is 5.70 Å². The molecule has 0 radical (unpaired) electrons. The fourth-order valence-corrected chi connectivity index (χ4v) is 3.02. The van der Waals surface area contributed by atoms with Crippen molar-refractivity contribution in [3.8, 4) is 11.3 Å². The van der Waals surface area contributed by atoms with E-state index in [1.165, 1.54) is 31.8 Å². The lowest BCUT2D eigenvalue weighted by molar-refractivity contribution is -0.136. The Morgan fingerprint density at radius 1 is 1.30 bits per heavy atom. The van der Waals surface area contributed by atoms with Crippen molar-refractivity contribution in [1.82, 2.24) is 4.98 Å². The predicted octanol–water partition coefficient (Wildman–Crippen LogP) is 3.87. The summed E-state index contributed by atoms with van der Waals surface area (Å²) >= 11 is 7.40. The van der Waals surface area contributed by atoms with Crippen molar-refractivity contribution >= 4 is 34.0 Å². The van der Waals surface area contributed by atoms with Crippen LogP contribution < -0.4 is 4.90 Å². The van der Waals surface area contributed by atoms with Gasteiger partial charge in [0.1, 0.15) is 6.26 Å². The minimum absolute atomic E-state index is 0.270. The number of ether oxygens (including phenoxy) is 2. The van der Waals surface area contributed by atoms with E-state index in [4.69, 9.17) is 21.1 Å². The molecule has 5 nitrogen and oxygen atoms in total. The molecule has 23 heavy (non-hydrogen) atoms. The number of methoxy groups -OCH3 is 2. The summed E-state index contributed by atoms with van der Waals surface area (Å²) < 4.78 is 9.74. The van der Waals surface area contributed by atoms with Crippen LogP contribution in [-0.4, -0.2) is 32.2 Å². The molecule has 2 rings (SSSR count). The highest BCUT2D eigenvalue weighted by Gasteiger charge is 2.21. The second kappa shape index (κ2) is 7.48. The lowest BCUT2D eigenvalue weighted by Crippen LogP contribution is -2.24. The van der Waals surface area contributed by atoms with E-state index in [9.17, 15) is 4.79 Å². The van der Waals surface area contributed by atoms with Crippen LogP contribution in [0.3, 0.4) is 0 Å². The number of rotatable bonds is 5. The zero-order valence-corrected chi connectivity index (χ0v) is 14.9. The Morgan fingerprint density at radius 2 is 1.96 bits per heavy atom. The number of benzene rings is 1. The Hall–Kier alpha value is -2.05. The van der Waals surface area contributed by atoms with Crippen molar-refractivity contribution < 1.29 is 14.3 Å². The first-order valence-corrected chi connectivity index (χ1v) is 7.95. The molecular formula is C16H17ClN2O3S. The number of aromatic nitrogens is 1. The Balaban J connectivity index is 2.38. The van der Waals surface area contributed by atoms with Gasteiger partial charge in [0, 0.05) is 22.5 Å². The van der Waals surface area contributed by atoms with Crippen LogP contribution >= 0.6 is 22.9 Å². The molecule has 1 aromatic heterocycles. The molecule has 0 bridgehead atoms. The standard InChI is InChI=1S/C16H17ClN2O3S/c1-10-14(11-5-7-12(17)8-6-11)18-16(23-10)19(2)13(9-21-3)15(20)22-4/h5-9H,1-4H3. The van der Waals surface area contributed by atoms with Crippen molar-refractivity contribution in [3.05, 3.63) is 46.1 Å². The average molecular weight is 353 g/mol. The summed E-state index contributed by atoms with van der Waals surface area (Å²) in [6.07, 6.45) is 1.34. The maximum Gasteiger partial charge on any atom is 0.357 e. The average Bonchev–Trinajstić information content (AvgIpc) is 2.94. The van der Waals surface area contributed by atoms with Gasteiger partial charge >= 0.3 is 5.97 Å². The van der Waals surface area contributed by atoms with Crippen molar-refractivity contribution in [1.29, 1.82) is 0 Å². The second-order valence-corrected chi connectivity index (χ2v) is 6.32. The van der Waals surface area contributed by atoms with Crippen LogP contribution in [0.25, 0.3) is 11.3 Å². The van der Waals surface area contributed by atoms with E-state index in [1.807, 2.05) is 31.2 Å². The number of hydrogen-bond donors (Lipinski definition) is 0. The zero-order valence-electron chi connectivity index (χ0n) is 13.3. The highest BCUT2D eigenvalue weighted by molar-refractivity contribution is 7.16. The van der Waals surface area contributed by atoms with E-state index in [0.717, 1.165) is 16.1 Å². The third kappa shape index (κ3) is 3.83. The topological polar surface area (TPSA) is 51.7 Å². The van der Waals surface area contributed by atoms with Crippen molar-refractivity contribution in [3.63, 3.8) is 0 Å². The minimum atomic E-state index is -0.491. The maximum atomic E-state index is 11.9. The van der Waals surface area contributed by atoms with E-state index in [2.05, 4.69) is 4.98 Å². The van der Waals surface area contributed by atoms with Crippen molar-refractivity contribution in [2.24, 2.45) is 0 Å². The summed E-state index contributed by atoms with van der Waals surface area (Å²) in [6.45, 7) is 1.98. The van der Waals surface area contributed by atoms with Gasteiger partial charge in [-0.1, -0.05) is 23.7 Å². The van der Waals surface area contributed by atoms with Crippen LogP contribution in [0.4, 0.5) is 5.13 Å². The van der Waals surface area contributed by atoms with Crippen LogP contribution in [0.2, 0.25) is 5.02 Å². The Labute approximate surface area is 144 Å². The molecule has 0 aliphatic rings. The van der Waals surface area contributed by atoms with Crippen LogP contribution in [0, 0.1) is 6.92 Å². The van der Waals surface area contributed by atoms with Crippen LogP contribution in [0.15, 0.2) is 36.2 Å². The molecule has 0 amide bonds. The van der Waals surface area contributed by atoms with Crippen LogP contribution in [0.1, 0.15) is 4.88 Å². The number of hydrogen-bond acceptors (Lipinski definition) is 6. The molecule has 0 saturated carbocycles. The smallest absolute Gasteiger partial charge is 0.357 e. The van der Waals surface area contributed by atoms with Gasteiger partial charge in [0.25, 0.3) is 0 Å². The Morgan fingerprint density at radius 3 is 2.52 bits per heavy atom. The number of aryl methyl sites for hydroxylation is 1. The summed E-state index contributed by atoms with van der Waals surface area (Å²) in [5, 5.41) is 1.34. The predicted molar refractivity (Wildman–Crippen MR) is 92.8 cm³/mol. The normalized spacial score (nSPS) is 11.3. The SMILES string of the molecule is COC=C(C(=O)OC)N(C)c1nc(-c2ccc(Cl)cc2)c(C)s1. The van der Waals surface area contributed by atoms with Gasteiger partial charge < -0.3 is 14.4 Å². The van der Waals surface area contributed by atoms with E-state index < -0.39 is 5.97 Å². The zero-order chi connectivity index (χ0) is 17.0. The lowest BCUT2D eigenvalue weighted by Gasteiger charge is -2.17. The molecule has 0 N–H and O–H groups in total. The number of carbonyl (C=O) groups is 1. The largest absolute Gasteiger partial charge is 0.502 e. The first-order valence-electron chi connectivity index (χ1n) is 6.76. The van der Waals surface area contributed by atoms with Gasteiger partial charge in [-0.3, -0.25) is 0 Å². The monoisotopic (exact) mass is 352 g/mol. The molecule has 0 atom stereocenters. The molecular weight excluding hydrogens is 336 g/mol. The molecule has 122 valence electrons. The number of halogens is 1. The van der Waals surface area contributed by atoms with Gasteiger partial charge in [-0.2, -0.15) is 0 Å². The van der Waals surface area contributed by atoms with Gasteiger partial charge in [-0.05, 0) is 19.1 Å². The number of nitrogens with zero attached hydrogens (tertiary/aromatic N) is 2. The number of esters is 1. The quantitative estimate of drug-likeness (QED) is 0.464. The summed E-state index contributed by atoms with van der Waals surface area (Å²) in [5.74, 6) is -0.491. The van der Waals surface area contributed by atoms with Gasteiger partial charge in [-0.25, -0.2) is 9.78 Å². The molecule has 0 fully saturated rings. The Kier molecular flexibility index (Phi) is 5.63. The molecule has 1 aromatic carbocycles. The summed E-state index contributed by atoms with van der Waals surface area (Å²) in [7, 11) is 4.54. The molecule has 1 heterocycles. The van der Waals surface area contributed by atoms with E-state index in [1.54, 1.807) is 11.9 Å². The first kappa shape index (κ1) is 17.3. The molecule has 0 saturated heterocycles. The number of likely N-dealkylation sites (N-methyl/N-ethyl adjacent to an activating group) is 1. The first-order chi connectivity index (χ1) is 11.0. The summed E-state index contributed by atoms with van der Waals surface area (Å²) in [4.78, 5) is 19.2. The fraction of sp³-hybridized carbons (Fsp3) is 0.250. The van der Waals surface area contributed by atoms with Gasteiger partial charge in [0.15, 0.2) is 10.8 Å². The van der Waals surface area contributed by atoms with Gasteiger partial charge in [0.05, 0.1) is 19.9 Å².